The third kappa shape index (κ3) is 6.07. The molecule has 1 N–H and O–H groups in total. The molecule has 1 saturated heterocycles. The van der Waals surface area contributed by atoms with Crippen LogP contribution in [0.2, 0.25) is 0 Å². The molecule has 23 heavy (non-hydrogen) atoms. The van der Waals surface area contributed by atoms with Gasteiger partial charge in [0.2, 0.25) is 0 Å². The highest BCUT2D eigenvalue weighted by Crippen LogP contribution is 2.39. The van der Waals surface area contributed by atoms with Gasteiger partial charge in [0.25, 0.3) is 0 Å². The van der Waals surface area contributed by atoms with Gasteiger partial charge in [-0.2, -0.15) is 0 Å². The summed E-state index contributed by atoms with van der Waals surface area (Å²) in [4.78, 5) is 11.0. The molecule has 0 bridgehead atoms. The molecule has 0 radical (unpaired) electrons. The SMILES string of the molecule is CCCCCCCCCC1COC2(CCC(C(=O)O)CC2)OC1. The summed E-state index contributed by atoms with van der Waals surface area (Å²) in [6.45, 7) is 3.82. The molecule has 0 aromatic heterocycles. The van der Waals surface area contributed by atoms with Gasteiger partial charge in [-0.15, -0.1) is 0 Å². The largest absolute Gasteiger partial charge is 0.481 e. The van der Waals surface area contributed by atoms with Crippen LogP contribution in [0, 0.1) is 11.8 Å². The van der Waals surface area contributed by atoms with Crippen LogP contribution < -0.4 is 0 Å². The van der Waals surface area contributed by atoms with Gasteiger partial charge in [0.1, 0.15) is 0 Å². The second-order valence-corrected chi connectivity index (χ2v) is 7.42. The molecule has 0 aromatic rings. The van der Waals surface area contributed by atoms with E-state index in [1.807, 2.05) is 0 Å². The Morgan fingerprint density at radius 1 is 1.00 bits per heavy atom. The van der Waals surface area contributed by atoms with Crippen LogP contribution in [0.5, 0.6) is 0 Å². The molecular formula is C19H34O4. The van der Waals surface area contributed by atoms with Crippen molar-refractivity contribution >= 4 is 5.97 Å². The Balaban J connectivity index is 1.55. The number of hydrogen-bond donors (Lipinski definition) is 1. The number of carbonyl (C=O) groups is 1. The predicted octanol–water partition coefficient (Wildman–Crippen LogP) is 4.76. The fourth-order valence-corrected chi connectivity index (χ4v) is 3.78. The quantitative estimate of drug-likeness (QED) is 0.621. The Kier molecular flexibility index (Phi) is 7.84. The van der Waals surface area contributed by atoms with E-state index in [1.54, 1.807) is 0 Å². The number of carboxylic acids is 1. The van der Waals surface area contributed by atoms with Gasteiger partial charge in [-0.3, -0.25) is 4.79 Å². The summed E-state index contributed by atoms with van der Waals surface area (Å²) < 4.78 is 12.1. The first kappa shape index (κ1) is 18.7. The molecule has 0 unspecified atom stereocenters. The Bertz CT molecular complexity index is 337. The van der Waals surface area contributed by atoms with Gasteiger partial charge in [0.15, 0.2) is 5.79 Å². The van der Waals surface area contributed by atoms with Gasteiger partial charge < -0.3 is 14.6 Å². The monoisotopic (exact) mass is 326 g/mol. The Labute approximate surface area is 140 Å². The van der Waals surface area contributed by atoms with Crippen LogP contribution in [0.4, 0.5) is 0 Å². The molecule has 2 rings (SSSR count). The lowest BCUT2D eigenvalue weighted by Crippen LogP contribution is -2.47. The van der Waals surface area contributed by atoms with Crippen molar-refractivity contribution in [3.05, 3.63) is 0 Å². The maximum Gasteiger partial charge on any atom is 0.306 e. The number of unbranched alkanes of at least 4 members (excludes halogenated alkanes) is 6. The van der Waals surface area contributed by atoms with Crippen molar-refractivity contribution in [1.82, 2.24) is 0 Å². The van der Waals surface area contributed by atoms with E-state index in [9.17, 15) is 4.79 Å². The summed E-state index contributed by atoms with van der Waals surface area (Å²) in [6, 6.07) is 0. The Morgan fingerprint density at radius 2 is 1.57 bits per heavy atom. The second kappa shape index (κ2) is 9.63. The summed E-state index contributed by atoms with van der Waals surface area (Å²) in [5, 5.41) is 9.07. The minimum absolute atomic E-state index is 0.210. The van der Waals surface area contributed by atoms with Crippen LogP contribution in [0.15, 0.2) is 0 Å². The maximum atomic E-state index is 11.0. The number of hydrogen-bond acceptors (Lipinski definition) is 3. The average Bonchev–Trinajstić information content (AvgIpc) is 2.56. The fraction of sp³-hybridized carbons (Fsp3) is 0.947. The summed E-state index contributed by atoms with van der Waals surface area (Å²) in [6.07, 6.45) is 13.4. The van der Waals surface area contributed by atoms with E-state index in [-0.39, 0.29) is 5.92 Å². The zero-order valence-corrected chi connectivity index (χ0v) is 14.7. The van der Waals surface area contributed by atoms with Crippen molar-refractivity contribution in [1.29, 1.82) is 0 Å². The third-order valence-electron chi connectivity index (χ3n) is 5.48. The van der Waals surface area contributed by atoms with Crippen molar-refractivity contribution in [2.45, 2.75) is 89.8 Å². The van der Waals surface area contributed by atoms with E-state index in [2.05, 4.69) is 6.92 Å². The van der Waals surface area contributed by atoms with E-state index in [0.29, 0.717) is 18.8 Å². The smallest absolute Gasteiger partial charge is 0.306 e. The van der Waals surface area contributed by atoms with Crippen molar-refractivity contribution in [2.75, 3.05) is 13.2 Å². The minimum atomic E-state index is -0.674. The fourth-order valence-electron chi connectivity index (χ4n) is 3.78. The van der Waals surface area contributed by atoms with Crippen LogP contribution in [0.1, 0.15) is 84.0 Å². The van der Waals surface area contributed by atoms with Crippen molar-refractivity contribution in [3.8, 4) is 0 Å². The van der Waals surface area contributed by atoms with Crippen LogP contribution in [-0.4, -0.2) is 30.1 Å². The average molecular weight is 326 g/mol. The molecule has 1 spiro atoms. The molecule has 134 valence electrons. The molecule has 2 fully saturated rings. The van der Waals surface area contributed by atoms with Crippen molar-refractivity contribution in [3.63, 3.8) is 0 Å². The Hall–Kier alpha value is -0.610. The summed E-state index contributed by atoms with van der Waals surface area (Å²) >= 11 is 0. The second-order valence-electron chi connectivity index (χ2n) is 7.42. The topological polar surface area (TPSA) is 55.8 Å². The lowest BCUT2D eigenvalue weighted by Gasteiger charge is -2.43. The summed E-state index contributed by atoms with van der Waals surface area (Å²) in [7, 11) is 0. The van der Waals surface area contributed by atoms with E-state index < -0.39 is 11.8 Å². The molecule has 1 heterocycles. The van der Waals surface area contributed by atoms with Crippen LogP contribution in [-0.2, 0) is 14.3 Å². The molecule has 1 aliphatic carbocycles. The van der Waals surface area contributed by atoms with Crippen LogP contribution >= 0.6 is 0 Å². The van der Waals surface area contributed by atoms with E-state index in [4.69, 9.17) is 14.6 Å². The van der Waals surface area contributed by atoms with Crippen LogP contribution in [0.3, 0.4) is 0 Å². The highest BCUT2D eigenvalue weighted by Gasteiger charge is 2.42. The first-order valence-corrected chi connectivity index (χ1v) is 9.66. The van der Waals surface area contributed by atoms with Gasteiger partial charge in [-0.25, -0.2) is 0 Å². The predicted molar refractivity (Wildman–Crippen MR) is 90.3 cm³/mol. The third-order valence-corrected chi connectivity index (χ3v) is 5.48. The van der Waals surface area contributed by atoms with Crippen molar-refractivity contribution < 1.29 is 19.4 Å². The van der Waals surface area contributed by atoms with E-state index in [1.165, 1.54) is 51.4 Å². The molecule has 4 nitrogen and oxygen atoms in total. The van der Waals surface area contributed by atoms with E-state index >= 15 is 0 Å². The van der Waals surface area contributed by atoms with Gasteiger partial charge in [-0.1, -0.05) is 51.9 Å². The van der Waals surface area contributed by atoms with Gasteiger partial charge >= 0.3 is 5.97 Å². The number of rotatable bonds is 9. The number of ether oxygens (including phenoxy) is 2. The normalized spacial score (nSPS) is 31.3. The van der Waals surface area contributed by atoms with E-state index in [0.717, 1.165) is 26.1 Å². The van der Waals surface area contributed by atoms with Crippen LogP contribution in [0.25, 0.3) is 0 Å². The first-order valence-electron chi connectivity index (χ1n) is 9.66. The Morgan fingerprint density at radius 3 is 2.13 bits per heavy atom. The van der Waals surface area contributed by atoms with Gasteiger partial charge in [0.05, 0.1) is 19.1 Å². The highest BCUT2D eigenvalue weighted by atomic mass is 16.7. The molecule has 0 aromatic carbocycles. The minimum Gasteiger partial charge on any atom is -0.481 e. The lowest BCUT2D eigenvalue weighted by molar-refractivity contribution is -0.298. The van der Waals surface area contributed by atoms with Gasteiger partial charge in [0, 0.05) is 18.8 Å². The zero-order chi connectivity index (χ0) is 16.5. The molecule has 1 aliphatic heterocycles. The molecule has 1 saturated carbocycles. The first-order chi connectivity index (χ1) is 11.2. The summed E-state index contributed by atoms with van der Waals surface area (Å²) in [5.41, 5.74) is 0. The standard InChI is InChI=1S/C19H34O4/c1-2-3-4-5-6-7-8-9-16-14-22-19(23-15-16)12-10-17(11-13-19)18(20)21/h16-17H,2-15H2,1H3,(H,20,21). The maximum absolute atomic E-state index is 11.0. The lowest BCUT2D eigenvalue weighted by atomic mass is 9.84. The van der Waals surface area contributed by atoms with Gasteiger partial charge in [-0.05, 0) is 19.3 Å². The molecule has 0 amide bonds. The number of carboxylic acid groups (broad SMARTS) is 1. The van der Waals surface area contributed by atoms with Crippen molar-refractivity contribution in [2.24, 2.45) is 11.8 Å². The molecular weight excluding hydrogens is 292 g/mol. The molecule has 0 atom stereocenters. The molecule has 2 aliphatic rings. The highest BCUT2D eigenvalue weighted by molar-refractivity contribution is 5.70. The number of aliphatic carboxylic acids is 1. The molecule has 4 heteroatoms. The summed E-state index contributed by atoms with van der Waals surface area (Å²) in [5.74, 6) is -0.831. The zero-order valence-electron chi connectivity index (χ0n) is 14.7.